The standard InChI is InChI=1S/C17H36N2/c1-5-12-18-14-17(10-8-7-9-11-17)15-19(13-6-2)16(3)4/h16,18H,5-15H2,1-4H3. The molecule has 0 saturated heterocycles. The monoisotopic (exact) mass is 268 g/mol. The lowest BCUT2D eigenvalue weighted by molar-refractivity contribution is 0.0835. The number of nitrogens with one attached hydrogen (secondary N) is 1. The van der Waals surface area contributed by atoms with E-state index >= 15 is 0 Å². The zero-order chi connectivity index (χ0) is 14.1. The van der Waals surface area contributed by atoms with Crippen molar-refractivity contribution in [1.29, 1.82) is 0 Å². The van der Waals surface area contributed by atoms with Crippen molar-refractivity contribution < 1.29 is 0 Å². The van der Waals surface area contributed by atoms with E-state index in [-0.39, 0.29) is 0 Å². The Morgan fingerprint density at radius 2 is 1.74 bits per heavy atom. The lowest BCUT2D eigenvalue weighted by atomic mass is 9.73. The van der Waals surface area contributed by atoms with Crippen LogP contribution in [0, 0.1) is 5.41 Å². The summed E-state index contributed by atoms with van der Waals surface area (Å²) >= 11 is 0. The van der Waals surface area contributed by atoms with Crippen LogP contribution < -0.4 is 5.32 Å². The Balaban J connectivity index is 2.60. The number of hydrogen-bond acceptors (Lipinski definition) is 2. The second kappa shape index (κ2) is 8.97. The molecule has 1 fully saturated rings. The van der Waals surface area contributed by atoms with Crippen LogP contribution in [-0.2, 0) is 0 Å². The highest BCUT2D eigenvalue weighted by Crippen LogP contribution is 2.37. The van der Waals surface area contributed by atoms with Crippen LogP contribution in [0.3, 0.4) is 0 Å². The summed E-state index contributed by atoms with van der Waals surface area (Å²) in [5.41, 5.74) is 0.548. The van der Waals surface area contributed by atoms with Crippen molar-refractivity contribution in [1.82, 2.24) is 10.2 Å². The van der Waals surface area contributed by atoms with Crippen molar-refractivity contribution in [2.75, 3.05) is 26.2 Å². The van der Waals surface area contributed by atoms with E-state index in [1.807, 2.05) is 0 Å². The van der Waals surface area contributed by atoms with Crippen LogP contribution in [0.1, 0.15) is 72.6 Å². The Bertz CT molecular complexity index is 219. The molecule has 114 valence electrons. The summed E-state index contributed by atoms with van der Waals surface area (Å²) in [7, 11) is 0. The van der Waals surface area contributed by atoms with E-state index in [0.29, 0.717) is 11.5 Å². The first-order valence-electron chi connectivity index (χ1n) is 8.58. The highest BCUT2D eigenvalue weighted by molar-refractivity contribution is 4.88. The van der Waals surface area contributed by atoms with E-state index in [4.69, 9.17) is 0 Å². The predicted molar refractivity (Wildman–Crippen MR) is 85.7 cm³/mol. The van der Waals surface area contributed by atoms with Gasteiger partial charge in [0, 0.05) is 19.1 Å². The van der Waals surface area contributed by atoms with Gasteiger partial charge in [-0.05, 0) is 58.0 Å². The summed E-state index contributed by atoms with van der Waals surface area (Å²) in [5, 5.41) is 3.71. The van der Waals surface area contributed by atoms with Crippen molar-refractivity contribution in [2.45, 2.75) is 78.7 Å². The highest BCUT2D eigenvalue weighted by Gasteiger charge is 2.33. The Labute approximate surface area is 121 Å². The van der Waals surface area contributed by atoms with Crippen LogP contribution in [0.2, 0.25) is 0 Å². The molecule has 1 saturated carbocycles. The summed E-state index contributed by atoms with van der Waals surface area (Å²) in [6, 6.07) is 0.685. The molecule has 0 aliphatic heterocycles. The van der Waals surface area contributed by atoms with Gasteiger partial charge >= 0.3 is 0 Å². The second-order valence-electron chi connectivity index (χ2n) is 6.80. The Morgan fingerprint density at radius 3 is 2.26 bits per heavy atom. The normalized spacial score (nSPS) is 19.3. The highest BCUT2D eigenvalue weighted by atomic mass is 15.2. The van der Waals surface area contributed by atoms with Gasteiger partial charge in [-0.25, -0.2) is 0 Å². The summed E-state index contributed by atoms with van der Waals surface area (Å²) < 4.78 is 0. The molecule has 0 aromatic carbocycles. The summed E-state index contributed by atoms with van der Waals surface area (Å²) in [5.74, 6) is 0. The lowest BCUT2D eigenvalue weighted by Gasteiger charge is -2.43. The van der Waals surface area contributed by atoms with E-state index < -0.39 is 0 Å². The van der Waals surface area contributed by atoms with Gasteiger partial charge in [0.15, 0.2) is 0 Å². The molecule has 2 nitrogen and oxygen atoms in total. The van der Waals surface area contributed by atoms with Gasteiger partial charge in [-0.15, -0.1) is 0 Å². The van der Waals surface area contributed by atoms with E-state index in [1.54, 1.807) is 0 Å². The summed E-state index contributed by atoms with van der Waals surface area (Å²) in [6.45, 7) is 14.2. The lowest BCUT2D eigenvalue weighted by Crippen LogP contribution is -2.47. The third-order valence-corrected chi connectivity index (χ3v) is 4.62. The summed E-state index contributed by atoms with van der Waals surface area (Å²) in [6.07, 6.45) is 9.70. The van der Waals surface area contributed by atoms with Crippen molar-refractivity contribution in [3.8, 4) is 0 Å². The van der Waals surface area contributed by atoms with Crippen molar-refractivity contribution in [2.24, 2.45) is 5.41 Å². The molecule has 0 aromatic heterocycles. The maximum Gasteiger partial charge on any atom is 0.00528 e. The smallest absolute Gasteiger partial charge is 0.00528 e. The molecule has 2 heteroatoms. The molecule has 0 atom stereocenters. The van der Waals surface area contributed by atoms with E-state index in [9.17, 15) is 0 Å². The number of hydrogen-bond donors (Lipinski definition) is 1. The van der Waals surface area contributed by atoms with Gasteiger partial charge in [-0.1, -0.05) is 33.1 Å². The molecule has 0 bridgehead atoms. The van der Waals surface area contributed by atoms with Gasteiger partial charge in [0.2, 0.25) is 0 Å². The third kappa shape index (κ3) is 5.83. The second-order valence-corrected chi connectivity index (χ2v) is 6.80. The number of rotatable bonds is 9. The fourth-order valence-corrected chi connectivity index (χ4v) is 3.46. The Kier molecular flexibility index (Phi) is 8.01. The van der Waals surface area contributed by atoms with Crippen molar-refractivity contribution in [3.63, 3.8) is 0 Å². The van der Waals surface area contributed by atoms with Gasteiger partial charge in [0.1, 0.15) is 0 Å². The third-order valence-electron chi connectivity index (χ3n) is 4.62. The molecular formula is C17H36N2. The van der Waals surface area contributed by atoms with Crippen molar-refractivity contribution in [3.05, 3.63) is 0 Å². The Hall–Kier alpha value is -0.0800. The van der Waals surface area contributed by atoms with Crippen LogP contribution in [0.15, 0.2) is 0 Å². The maximum absolute atomic E-state index is 3.71. The molecule has 0 unspecified atom stereocenters. The molecule has 1 aliphatic rings. The fourth-order valence-electron chi connectivity index (χ4n) is 3.46. The molecule has 0 spiro atoms. The SMILES string of the molecule is CCCNCC1(CN(CCC)C(C)C)CCCCC1. The molecule has 19 heavy (non-hydrogen) atoms. The largest absolute Gasteiger partial charge is 0.316 e. The molecule has 0 heterocycles. The fraction of sp³-hybridized carbons (Fsp3) is 1.00. The van der Waals surface area contributed by atoms with Gasteiger partial charge in [-0.2, -0.15) is 0 Å². The Morgan fingerprint density at radius 1 is 1.05 bits per heavy atom. The van der Waals surface area contributed by atoms with Crippen LogP contribution in [0.4, 0.5) is 0 Å². The van der Waals surface area contributed by atoms with E-state index in [0.717, 1.165) is 0 Å². The first kappa shape index (κ1) is 17.0. The van der Waals surface area contributed by atoms with Crippen molar-refractivity contribution >= 4 is 0 Å². The molecule has 1 aliphatic carbocycles. The van der Waals surface area contributed by atoms with E-state index in [2.05, 4.69) is 37.9 Å². The predicted octanol–water partition coefficient (Wildman–Crippen LogP) is 4.06. The van der Waals surface area contributed by atoms with Crippen LogP contribution in [0.5, 0.6) is 0 Å². The molecule has 0 amide bonds. The minimum atomic E-state index is 0.548. The van der Waals surface area contributed by atoms with Crippen LogP contribution >= 0.6 is 0 Å². The quantitative estimate of drug-likeness (QED) is 0.635. The molecule has 0 radical (unpaired) electrons. The number of nitrogens with zero attached hydrogens (tertiary/aromatic N) is 1. The minimum Gasteiger partial charge on any atom is -0.316 e. The van der Waals surface area contributed by atoms with Gasteiger partial charge in [-0.3, -0.25) is 0 Å². The molecule has 1 rings (SSSR count). The van der Waals surface area contributed by atoms with Gasteiger partial charge < -0.3 is 10.2 Å². The zero-order valence-corrected chi connectivity index (χ0v) is 13.8. The van der Waals surface area contributed by atoms with Gasteiger partial charge in [0.25, 0.3) is 0 Å². The first-order chi connectivity index (χ1) is 9.13. The molecule has 1 N–H and O–H groups in total. The molecular weight excluding hydrogens is 232 g/mol. The summed E-state index contributed by atoms with van der Waals surface area (Å²) in [4.78, 5) is 2.71. The average molecular weight is 268 g/mol. The topological polar surface area (TPSA) is 15.3 Å². The molecule has 0 aromatic rings. The minimum absolute atomic E-state index is 0.548. The van der Waals surface area contributed by atoms with Crippen LogP contribution in [0.25, 0.3) is 0 Å². The van der Waals surface area contributed by atoms with Gasteiger partial charge in [0.05, 0.1) is 0 Å². The van der Waals surface area contributed by atoms with Crippen LogP contribution in [-0.4, -0.2) is 37.1 Å². The van der Waals surface area contributed by atoms with E-state index in [1.165, 1.54) is 71.1 Å². The average Bonchev–Trinajstić information content (AvgIpc) is 2.39. The maximum atomic E-state index is 3.71. The zero-order valence-electron chi connectivity index (χ0n) is 13.8. The first-order valence-corrected chi connectivity index (χ1v) is 8.58.